The van der Waals surface area contributed by atoms with Crippen LogP contribution in [0.3, 0.4) is 0 Å². The molecule has 5 fully saturated rings. The van der Waals surface area contributed by atoms with Crippen molar-refractivity contribution in [2.75, 3.05) is 6.61 Å². The van der Waals surface area contributed by atoms with Crippen LogP contribution in [0.4, 0.5) is 0 Å². The third-order valence-corrected chi connectivity index (χ3v) is 11.6. The van der Waals surface area contributed by atoms with Crippen molar-refractivity contribution in [3.8, 4) is 0 Å². The van der Waals surface area contributed by atoms with Crippen molar-refractivity contribution >= 4 is 18.7 Å². The molecule has 0 bridgehead atoms. The maximum Gasteiger partial charge on any atom is 0.171 e. The van der Waals surface area contributed by atoms with E-state index in [0.717, 1.165) is 45.1 Å². The van der Waals surface area contributed by atoms with E-state index in [1.807, 2.05) is 6.08 Å². The predicted molar refractivity (Wildman–Crippen MR) is 126 cm³/mol. The molecule has 0 aromatic heterocycles. The molecule has 11 atom stereocenters. The molecule has 0 aromatic carbocycles. The summed E-state index contributed by atoms with van der Waals surface area (Å²) in [6, 6.07) is 0. The van der Waals surface area contributed by atoms with Gasteiger partial charge >= 0.3 is 0 Å². The maximum atomic E-state index is 13.6. The SMILES string of the molecule is CC1CC[C@@]2(OC1)O[C@H]1C[C@H]3C4C(=O)C=C5C[C@@H](OS)CC[C@]5(C)[C@H]4CC[C@]3(C)[C@H]1[C@@H]2C. The number of ketones is 1. The smallest absolute Gasteiger partial charge is 0.171 e. The summed E-state index contributed by atoms with van der Waals surface area (Å²) in [5.74, 6) is 2.57. The van der Waals surface area contributed by atoms with Crippen molar-refractivity contribution in [2.45, 2.75) is 97.1 Å². The molecule has 0 aromatic rings. The number of rotatable bonds is 1. The monoisotopic (exact) mass is 460 g/mol. The molecule has 1 spiro atoms. The summed E-state index contributed by atoms with van der Waals surface area (Å²) in [5, 5.41) is 0. The normalized spacial score (nSPS) is 56.9. The molecular weight excluding hydrogens is 420 g/mol. The summed E-state index contributed by atoms with van der Waals surface area (Å²) in [4.78, 5) is 13.6. The Morgan fingerprint density at radius 1 is 1.09 bits per heavy atom. The molecule has 3 saturated carbocycles. The van der Waals surface area contributed by atoms with Gasteiger partial charge in [-0.25, -0.2) is 0 Å². The molecule has 6 aliphatic rings. The standard InChI is InChI=1S/C27H40O4S/c1-15-5-10-27(29-14-15)16(2)24-22(30-27)13-20-23-19(7-9-26(20,24)4)25(3)8-6-18(31-32)11-17(25)12-21(23)28/h12,15-16,18-20,22-24,32H,5-11,13-14H2,1-4H3/t15?,16-,18-,19-,20-,22-,23?,24-,25-,26-,27+/m0/s1. The lowest BCUT2D eigenvalue weighted by Crippen LogP contribution is -2.54. The highest BCUT2D eigenvalue weighted by molar-refractivity contribution is 7.75. The van der Waals surface area contributed by atoms with Crippen molar-refractivity contribution in [1.29, 1.82) is 0 Å². The Hall–Kier alpha value is -0.360. The number of ether oxygens (including phenoxy) is 2. The van der Waals surface area contributed by atoms with Crippen molar-refractivity contribution in [1.82, 2.24) is 0 Å². The van der Waals surface area contributed by atoms with Gasteiger partial charge in [-0.15, -0.1) is 0 Å². The van der Waals surface area contributed by atoms with Crippen LogP contribution in [0.2, 0.25) is 0 Å². The molecule has 2 heterocycles. The highest BCUT2D eigenvalue weighted by Gasteiger charge is 2.69. The van der Waals surface area contributed by atoms with E-state index < -0.39 is 0 Å². The highest BCUT2D eigenvalue weighted by Crippen LogP contribution is 2.70. The van der Waals surface area contributed by atoms with Gasteiger partial charge in [-0.2, -0.15) is 0 Å². The van der Waals surface area contributed by atoms with Crippen LogP contribution in [0, 0.1) is 46.3 Å². The number of allylic oxidation sites excluding steroid dienone is 1. The number of carbonyl (C=O) groups excluding carboxylic acids is 1. The minimum Gasteiger partial charge on any atom is -0.349 e. The topological polar surface area (TPSA) is 44.8 Å². The summed E-state index contributed by atoms with van der Waals surface area (Å²) in [6.45, 7) is 10.4. The summed E-state index contributed by atoms with van der Waals surface area (Å²) in [7, 11) is 0. The quantitative estimate of drug-likeness (QED) is 0.399. The molecule has 2 aliphatic heterocycles. The second kappa shape index (κ2) is 7.32. The van der Waals surface area contributed by atoms with Crippen LogP contribution in [-0.4, -0.2) is 30.4 Å². The van der Waals surface area contributed by atoms with Gasteiger partial charge in [0.25, 0.3) is 0 Å². The van der Waals surface area contributed by atoms with E-state index in [4.69, 9.17) is 13.7 Å². The molecule has 4 nitrogen and oxygen atoms in total. The Labute approximate surface area is 198 Å². The van der Waals surface area contributed by atoms with E-state index in [0.29, 0.717) is 35.4 Å². The van der Waals surface area contributed by atoms with E-state index in [1.165, 1.54) is 18.4 Å². The van der Waals surface area contributed by atoms with Crippen molar-refractivity contribution < 1.29 is 18.5 Å². The Kier molecular flexibility index (Phi) is 5.06. The fraction of sp³-hybridized carbons (Fsp3) is 0.889. The van der Waals surface area contributed by atoms with Crippen molar-refractivity contribution in [2.24, 2.45) is 46.3 Å². The molecule has 32 heavy (non-hydrogen) atoms. The molecule has 2 unspecified atom stereocenters. The minimum absolute atomic E-state index is 0.136. The van der Waals surface area contributed by atoms with E-state index in [1.54, 1.807) is 0 Å². The lowest BCUT2D eigenvalue weighted by Gasteiger charge is -2.57. The highest BCUT2D eigenvalue weighted by atomic mass is 32.1. The zero-order valence-corrected chi connectivity index (χ0v) is 21.0. The molecule has 6 rings (SSSR count). The molecule has 178 valence electrons. The second-order valence-electron chi connectivity index (χ2n) is 12.7. The van der Waals surface area contributed by atoms with Gasteiger partial charge in [-0.1, -0.05) is 33.3 Å². The van der Waals surface area contributed by atoms with Crippen LogP contribution in [-0.2, 0) is 18.5 Å². The van der Waals surface area contributed by atoms with Gasteiger partial charge in [-0.3, -0.25) is 4.79 Å². The number of thiol groups is 1. The van der Waals surface area contributed by atoms with E-state index in [9.17, 15) is 4.79 Å². The number of hydrogen-bond acceptors (Lipinski definition) is 5. The van der Waals surface area contributed by atoms with Gasteiger partial charge in [0, 0.05) is 18.3 Å². The summed E-state index contributed by atoms with van der Waals surface area (Å²) in [5.41, 5.74) is 1.63. The summed E-state index contributed by atoms with van der Waals surface area (Å²) < 4.78 is 18.6. The van der Waals surface area contributed by atoms with Gasteiger partial charge in [0.15, 0.2) is 11.6 Å². The molecule has 0 N–H and O–H groups in total. The lowest BCUT2D eigenvalue weighted by atomic mass is 9.46. The second-order valence-corrected chi connectivity index (χ2v) is 12.9. The van der Waals surface area contributed by atoms with Gasteiger partial charge in [0.05, 0.1) is 18.8 Å². The average molecular weight is 461 g/mol. The van der Waals surface area contributed by atoms with Crippen LogP contribution in [0.15, 0.2) is 11.6 Å². The number of fused-ring (bicyclic) bond motifs is 7. The lowest BCUT2D eigenvalue weighted by molar-refractivity contribution is -0.272. The Morgan fingerprint density at radius 3 is 2.62 bits per heavy atom. The van der Waals surface area contributed by atoms with Crippen molar-refractivity contribution in [3.63, 3.8) is 0 Å². The largest absolute Gasteiger partial charge is 0.349 e. The minimum atomic E-state index is -0.381. The first-order chi connectivity index (χ1) is 15.2. The number of hydrogen-bond donors (Lipinski definition) is 1. The summed E-state index contributed by atoms with van der Waals surface area (Å²) >= 11 is 4.08. The van der Waals surface area contributed by atoms with Gasteiger partial charge in [-0.05, 0) is 98.4 Å². The molecule has 0 amide bonds. The fourth-order valence-electron chi connectivity index (χ4n) is 9.48. The third-order valence-electron chi connectivity index (χ3n) is 11.3. The first kappa shape index (κ1) is 22.1. The predicted octanol–water partition coefficient (Wildman–Crippen LogP) is 5.76. The van der Waals surface area contributed by atoms with Gasteiger partial charge in [0.1, 0.15) is 0 Å². The van der Waals surface area contributed by atoms with Crippen LogP contribution < -0.4 is 0 Å². The van der Waals surface area contributed by atoms with Crippen LogP contribution in [0.25, 0.3) is 0 Å². The third kappa shape index (κ3) is 2.83. The average Bonchev–Trinajstić information content (AvgIpc) is 3.21. The number of carbonyl (C=O) groups is 1. The van der Waals surface area contributed by atoms with Crippen LogP contribution >= 0.6 is 12.9 Å². The maximum absolute atomic E-state index is 13.6. The zero-order chi connectivity index (χ0) is 22.5. The van der Waals surface area contributed by atoms with Crippen molar-refractivity contribution in [3.05, 3.63) is 11.6 Å². The van der Waals surface area contributed by atoms with E-state index in [-0.39, 0.29) is 34.7 Å². The van der Waals surface area contributed by atoms with Crippen LogP contribution in [0.5, 0.6) is 0 Å². The Morgan fingerprint density at radius 2 is 1.91 bits per heavy atom. The molecule has 2 saturated heterocycles. The fourth-order valence-corrected chi connectivity index (χ4v) is 9.66. The van der Waals surface area contributed by atoms with Gasteiger partial charge < -0.3 is 13.7 Å². The first-order valence-electron chi connectivity index (χ1n) is 13.1. The molecule has 4 aliphatic carbocycles. The Balaban J connectivity index is 1.30. The molecule has 5 heteroatoms. The molecule has 0 radical (unpaired) electrons. The summed E-state index contributed by atoms with van der Waals surface area (Å²) in [6.07, 6.45) is 11.0. The zero-order valence-electron chi connectivity index (χ0n) is 20.1. The van der Waals surface area contributed by atoms with Crippen LogP contribution in [0.1, 0.15) is 79.1 Å². The van der Waals surface area contributed by atoms with E-state index >= 15 is 0 Å². The Bertz CT molecular complexity index is 832. The first-order valence-corrected chi connectivity index (χ1v) is 13.5. The van der Waals surface area contributed by atoms with Gasteiger partial charge in [0.2, 0.25) is 0 Å². The molecular formula is C27H40O4S. The van der Waals surface area contributed by atoms with E-state index in [2.05, 4.69) is 40.6 Å².